The van der Waals surface area contributed by atoms with Crippen LogP contribution in [-0.2, 0) is 19.1 Å². The Morgan fingerprint density at radius 1 is 1.06 bits per heavy atom. The first-order chi connectivity index (χ1) is 8.22. The van der Waals surface area contributed by atoms with E-state index in [1.807, 2.05) is 20.8 Å². The van der Waals surface area contributed by atoms with E-state index in [4.69, 9.17) is 9.47 Å². The Labute approximate surface area is 108 Å². The lowest BCUT2D eigenvalue weighted by Gasteiger charge is -2.26. The Morgan fingerprint density at radius 2 is 1.44 bits per heavy atom. The Balaban J connectivity index is 4.85. The van der Waals surface area contributed by atoms with Gasteiger partial charge in [0, 0.05) is 0 Å². The molecule has 0 bridgehead atoms. The predicted molar refractivity (Wildman–Crippen MR) is 66.8 cm³/mol. The highest BCUT2D eigenvalue weighted by Gasteiger charge is 2.38. The number of aliphatic hydroxyl groups is 1. The van der Waals surface area contributed by atoms with Gasteiger partial charge in [-0.1, -0.05) is 20.8 Å². The van der Waals surface area contributed by atoms with Crippen LogP contribution in [0.2, 0.25) is 0 Å². The zero-order valence-corrected chi connectivity index (χ0v) is 11.9. The molecule has 0 fully saturated rings. The largest absolute Gasteiger partial charge is 0.465 e. The normalized spacial score (nSPS) is 13.3. The molecule has 1 N–H and O–H groups in total. The SMILES string of the molecule is CCOC(=O)C(C(=O)OCC)C(O)CC(C)(C)C. The molecular weight excluding hydrogens is 236 g/mol. The summed E-state index contributed by atoms with van der Waals surface area (Å²) < 4.78 is 9.61. The number of carbonyl (C=O) groups excluding carboxylic acids is 2. The van der Waals surface area contributed by atoms with Gasteiger partial charge < -0.3 is 14.6 Å². The number of hydrogen-bond donors (Lipinski definition) is 1. The number of carbonyl (C=O) groups is 2. The molecule has 106 valence electrons. The van der Waals surface area contributed by atoms with Crippen molar-refractivity contribution >= 4 is 11.9 Å². The molecule has 0 radical (unpaired) electrons. The third kappa shape index (κ3) is 6.00. The molecule has 0 amide bonds. The van der Waals surface area contributed by atoms with Crippen molar-refractivity contribution in [1.82, 2.24) is 0 Å². The number of hydrogen-bond acceptors (Lipinski definition) is 5. The molecule has 0 aliphatic rings. The molecular formula is C13H24O5. The van der Waals surface area contributed by atoms with Crippen LogP contribution in [0, 0.1) is 11.3 Å². The van der Waals surface area contributed by atoms with Crippen molar-refractivity contribution in [1.29, 1.82) is 0 Å². The van der Waals surface area contributed by atoms with Crippen molar-refractivity contribution in [2.24, 2.45) is 11.3 Å². The first kappa shape index (κ1) is 16.9. The Bertz CT molecular complexity index is 262. The van der Waals surface area contributed by atoms with Gasteiger partial charge in [-0.25, -0.2) is 0 Å². The highest BCUT2D eigenvalue weighted by atomic mass is 16.6. The van der Waals surface area contributed by atoms with E-state index in [2.05, 4.69) is 0 Å². The number of rotatable bonds is 6. The fourth-order valence-corrected chi connectivity index (χ4v) is 1.62. The van der Waals surface area contributed by atoms with E-state index in [0.717, 1.165) is 0 Å². The second kappa shape index (κ2) is 7.36. The van der Waals surface area contributed by atoms with Gasteiger partial charge in [-0.3, -0.25) is 9.59 Å². The summed E-state index contributed by atoms with van der Waals surface area (Å²) >= 11 is 0. The van der Waals surface area contributed by atoms with Crippen LogP contribution < -0.4 is 0 Å². The molecule has 0 rings (SSSR count). The van der Waals surface area contributed by atoms with Crippen LogP contribution in [0.4, 0.5) is 0 Å². The summed E-state index contributed by atoms with van der Waals surface area (Å²) in [6.45, 7) is 9.39. The van der Waals surface area contributed by atoms with Crippen molar-refractivity contribution in [3.8, 4) is 0 Å². The van der Waals surface area contributed by atoms with Gasteiger partial charge in [-0.15, -0.1) is 0 Å². The monoisotopic (exact) mass is 260 g/mol. The molecule has 0 aliphatic carbocycles. The lowest BCUT2D eigenvalue weighted by atomic mass is 9.84. The second-order valence-corrected chi connectivity index (χ2v) is 5.31. The Kier molecular flexibility index (Phi) is 6.91. The molecule has 0 saturated heterocycles. The van der Waals surface area contributed by atoms with E-state index in [1.165, 1.54) is 0 Å². The van der Waals surface area contributed by atoms with Gasteiger partial charge in [0.05, 0.1) is 19.3 Å². The van der Waals surface area contributed by atoms with Crippen molar-refractivity contribution in [3.05, 3.63) is 0 Å². The van der Waals surface area contributed by atoms with Gasteiger partial charge in [-0.2, -0.15) is 0 Å². The topological polar surface area (TPSA) is 72.8 Å². The maximum Gasteiger partial charge on any atom is 0.323 e. The van der Waals surface area contributed by atoms with Gasteiger partial charge in [0.15, 0.2) is 5.92 Å². The van der Waals surface area contributed by atoms with E-state index in [1.54, 1.807) is 13.8 Å². The lowest BCUT2D eigenvalue weighted by molar-refractivity contribution is -0.167. The first-order valence-corrected chi connectivity index (χ1v) is 6.24. The molecule has 5 nitrogen and oxygen atoms in total. The van der Waals surface area contributed by atoms with Gasteiger partial charge >= 0.3 is 11.9 Å². The van der Waals surface area contributed by atoms with Crippen LogP contribution in [-0.4, -0.2) is 36.4 Å². The minimum atomic E-state index is -1.26. The Hall–Kier alpha value is -1.10. The maximum atomic E-state index is 11.7. The summed E-state index contributed by atoms with van der Waals surface area (Å²) in [5, 5.41) is 10.0. The fourth-order valence-electron chi connectivity index (χ4n) is 1.62. The van der Waals surface area contributed by atoms with Crippen molar-refractivity contribution in [2.75, 3.05) is 13.2 Å². The summed E-state index contributed by atoms with van der Waals surface area (Å²) in [4.78, 5) is 23.4. The number of ether oxygens (including phenoxy) is 2. The van der Waals surface area contributed by atoms with E-state index < -0.39 is 24.0 Å². The van der Waals surface area contributed by atoms with Crippen LogP contribution in [0.5, 0.6) is 0 Å². The van der Waals surface area contributed by atoms with Gasteiger partial charge in [0.25, 0.3) is 0 Å². The molecule has 0 aliphatic heterocycles. The van der Waals surface area contributed by atoms with Crippen LogP contribution in [0.15, 0.2) is 0 Å². The van der Waals surface area contributed by atoms with Crippen molar-refractivity contribution < 1.29 is 24.2 Å². The highest BCUT2D eigenvalue weighted by Crippen LogP contribution is 2.25. The molecule has 0 spiro atoms. The minimum Gasteiger partial charge on any atom is -0.465 e. The standard InChI is InChI=1S/C13H24O5/c1-6-17-11(15)10(12(16)18-7-2)9(14)8-13(3,4)5/h9-10,14H,6-8H2,1-5H3. The van der Waals surface area contributed by atoms with Crippen LogP contribution in [0.25, 0.3) is 0 Å². The second-order valence-electron chi connectivity index (χ2n) is 5.31. The van der Waals surface area contributed by atoms with Gasteiger partial charge in [-0.05, 0) is 25.7 Å². The highest BCUT2D eigenvalue weighted by molar-refractivity contribution is 5.95. The van der Waals surface area contributed by atoms with Gasteiger partial charge in [0.1, 0.15) is 0 Å². The average Bonchev–Trinajstić information content (AvgIpc) is 2.15. The summed E-state index contributed by atoms with van der Waals surface area (Å²) in [5.74, 6) is -2.72. The third-order valence-corrected chi connectivity index (χ3v) is 2.29. The Morgan fingerprint density at radius 3 is 1.72 bits per heavy atom. The summed E-state index contributed by atoms with van der Waals surface area (Å²) in [6, 6.07) is 0. The predicted octanol–water partition coefficient (Wildman–Crippen LogP) is 1.53. The van der Waals surface area contributed by atoms with Crippen molar-refractivity contribution in [3.63, 3.8) is 0 Å². The number of esters is 2. The quantitative estimate of drug-likeness (QED) is 0.579. The molecule has 1 unspecified atom stereocenters. The third-order valence-electron chi connectivity index (χ3n) is 2.29. The smallest absolute Gasteiger partial charge is 0.323 e. The van der Waals surface area contributed by atoms with E-state index in [0.29, 0.717) is 6.42 Å². The molecule has 0 saturated carbocycles. The van der Waals surface area contributed by atoms with Crippen LogP contribution in [0.1, 0.15) is 41.0 Å². The summed E-state index contributed by atoms with van der Waals surface area (Å²) in [6.07, 6.45) is -0.780. The minimum absolute atomic E-state index is 0.164. The van der Waals surface area contributed by atoms with E-state index in [9.17, 15) is 14.7 Å². The first-order valence-electron chi connectivity index (χ1n) is 6.24. The summed E-state index contributed by atoms with van der Waals surface area (Å²) in [7, 11) is 0. The average molecular weight is 260 g/mol. The number of aliphatic hydroxyl groups excluding tert-OH is 1. The summed E-state index contributed by atoms with van der Waals surface area (Å²) in [5.41, 5.74) is -0.198. The van der Waals surface area contributed by atoms with Gasteiger partial charge in [0.2, 0.25) is 0 Å². The van der Waals surface area contributed by atoms with Crippen LogP contribution >= 0.6 is 0 Å². The molecule has 0 aromatic carbocycles. The van der Waals surface area contributed by atoms with E-state index in [-0.39, 0.29) is 18.6 Å². The molecule has 0 heterocycles. The zero-order chi connectivity index (χ0) is 14.3. The lowest BCUT2D eigenvalue weighted by Crippen LogP contribution is -2.39. The van der Waals surface area contributed by atoms with Crippen molar-refractivity contribution in [2.45, 2.75) is 47.1 Å². The maximum absolute atomic E-state index is 11.7. The fraction of sp³-hybridized carbons (Fsp3) is 0.846. The molecule has 0 aromatic heterocycles. The molecule has 18 heavy (non-hydrogen) atoms. The molecule has 5 heteroatoms. The molecule has 1 atom stereocenters. The molecule has 0 aromatic rings. The zero-order valence-electron chi connectivity index (χ0n) is 11.9. The van der Waals surface area contributed by atoms with E-state index >= 15 is 0 Å². The van der Waals surface area contributed by atoms with Crippen LogP contribution in [0.3, 0.4) is 0 Å².